The van der Waals surface area contributed by atoms with Crippen LogP contribution in [0.4, 0.5) is 0 Å². The predicted molar refractivity (Wildman–Crippen MR) is 168 cm³/mol. The van der Waals surface area contributed by atoms with Crippen LogP contribution in [0.2, 0.25) is 0 Å². The van der Waals surface area contributed by atoms with Crippen molar-refractivity contribution in [1.29, 1.82) is 0 Å². The van der Waals surface area contributed by atoms with Gasteiger partial charge in [0.05, 0.1) is 25.9 Å². The second-order valence-electron chi connectivity index (χ2n) is 13.2. The Hall–Kier alpha value is -1.77. The van der Waals surface area contributed by atoms with Crippen molar-refractivity contribution in [1.82, 2.24) is 0 Å². The molecule has 0 bridgehead atoms. The smallest absolute Gasteiger partial charge is 0.331 e. The number of methoxy groups -OCH3 is 1. The van der Waals surface area contributed by atoms with Gasteiger partial charge in [0.2, 0.25) is 0 Å². The van der Waals surface area contributed by atoms with Crippen LogP contribution in [0.1, 0.15) is 91.4 Å². The average Bonchev–Trinajstić information content (AvgIpc) is 3.54. The van der Waals surface area contributed by atoms with Gasteiger partial charge < -0.3 is 28.4 Å². The van der Waals surface area contributed by atoms with Crippen molar-refractivity contribution in [2.75, 3.05) is 33.5 Å². The first-order chi connectivity index (χ1) is 20.8. The number of allylic oxidation sites excluding steroid dienone is 3. The number of esters is 1. The van der Waals surface area contributed by atoms with Gasteiger partial charge in [-0.25, -0.2) is 4.79 Å². The van der Waals surface area contributed by atoms with E-state index in [1.807, 2.05) is 0 Å². The fourth-order valence-electron chi connectivity index (χ4n) is 6.93. The first-order valence-electron chi connectivity index (χ1n) is 16.7. The number of rotatable bonds is 16. The largest absolute Gasteiger partial charge is 0.467 e. The molecular formula is C36H56O7. The summed E-state index contributed by atoms with van der Waals surface area (Å²) in [5, 5.41) is 0. The van der Waals surface area contributed by atoms with E-state index < -0.39 is 0 Å². The molecule has 7 nitrogen and oxygen atoms in total. The summed E-state index contributed by atoms with van der Waals surface area (Å²) in [5.41, 5.74) is 3.55. The highest BCUT2D eigenvalue weighted by Gasteiger charge is 2.46. The van der Waals surface area contributed by atoms with Gasteiger partial charge in [-0.05, 0) is 113 Å². The van der Waals surface area contributed by atoms with Crippen molar-refractivity contribution in [3.63, 3.8) is 0 Å². The lowest BCUT2D eigenvalue weighted by Crippen LogP contribution is -2.31. The number of ether oxygens (including phenoxy) is 6. The molecule has 0 aromatic carbocycles. The van der Waals surface area contributed by atoms with Gasteiger partial charge in [-0.1, -0.05) is 43.4 Å². The molecule has 242 valence electrons. The van der Waals surface area contributed by atoms with Gasteiger partial charge in [-0.2, -0.15) is 0 Å². The van der Waals surface area contributed by atoms with Crippen LogP contribution in [0.3, 0.4) is 0 Å². The molecule has 3 fully saturated rings. The summed E-state index contributed by atoms with van der Waals surface area (Å²) >= 11 is 0. The van der Waals surface area contributed by atoms with E-state index >= 15 is 0 Å². The van der Waals surface area contributed by atoms with Crippen LogP contribution in [0.15, 0.2) is 47.6 Å². The van der Waals surface area contributed by atoms with Crippen LogP contribution in [0.25, 0.3) is 0 Å². The third-order valence-electron chi connectivity index (χ3n) is 9.35. The minimum Gasteiger partial charge on any atom is -0.467 e. The summed E-state index contributed by atoms with van der Waals surface area (Å²) in [6.45, 7) is 12.8. The summed E-state index contributed by atoms with van der Waals surface area (Å²) < 4.78 is 35.5. The molecule has 0 aromatic heterocycles. The molecular weight excluding hydrogens is 544 g/mol. The number of carbonyl (C=O) groups excluding carboxylic acids is 1. The highest BCUT2D eigenvalue weighted by molar-refractivity contribution is 5.70. The lowest BCUT2D eigenvalue weighted by atomic mass is 9.87. The van der Waals surface area contributed by atoms with Gasteiger partial charge in [0.25, 0.3) is 0 Å². The van der Waals surface area contributed by atoms with E-state index in [0.29, 0.717) is 24.4 Å². The highest BCUT2D eigenvalue weighted by atomic mass is 16.7. The van der Waals surface area contributed by atoms with E-state index in [1.54, 1.807) is 0 Å². The maximum absolute atomic E-state index is 11.5. The van der Waals surface area contributed by atoms with E-state index in [0.717, 1.165) is 89.4 Å². The van der Waals surface area contributed by atoms with Crippen LogP contribution in [0, 0.1) is 23.7 Å². The Balaban J connectivity index is 1.45. The van der Waals surface area contributed by atoms with Crippen LogP contribution in [-0.4, -0.2) is 64.3 Å². The molecule has 4 rings (SSSR count). The first-order valence-corrected chi connectivity index (χ1v) is 16.7. The summed E-state index contributed by atoms with van der Waals surface area (Å²) in [4.78, 5) is 11.5. The predicted octanol–water partition coefficient (Wildman–Crippen LogP) is 7.47. The minimum atomic E-state index is -0.373. The average molecular weight is 601 g/mol. The third kappa shape index (κ3) is 11.0. The van der Waals surface area contributed by atoms with Crippen molar-refractivity contribution in [2.24, 2.45) is 23.7 Å². The van der Waals surface area contributed by atoms with Crippen LogP contribution in [0.5, 0.6) is 0 Å². The lowest BCUT2D eigenvalue weighted by Gasteiger charge is -2.30. The molecule has 2 aliphatic heterocycles. The summed E-state index contributed by atoms with van der Waals surface area (Å²) in [7, 11) is 1.37. The molecule has 0 radical (unpaired) electrons. The van der Waals surface area contributed by atoms with Crippen molar-refractivity contribution in [3.05, 3.63) is 47.6 Å². The van der Waals surface area contributed by atoms with Gasteiger partial charge in [0, 0.05) is 19.1 Å². The molecule has 4 aliphatic rings. The maximum Gasteiger partial charge on any atom is 0.331 e. The minimum absolute atomic E-state index is 0.00551. The zero-order chi connectivity index (χ0) is 30.6. The van der Waals surface area contributed by atoms with Gasteiger partial charge in [-0.3, -0.25) is 0 Å². The second kappa shape index (κ2) is 17.6. The Kier molecular flexibility index (Phi) is 14.0. The topological polar surface area (TPSA) is 72.5 Å². The summed E-state index contributed by atoms with van der Waals surface area (Å²) in [5.74, 6) is 1.27. The molecule has 2 heterocycles. The van der Waals surface area contributed by atoms with Crippen molar-refractivity contribution >= 4 is 5.97 Å². The van der Waals surface area contributed by atoms with Crippen molar-refractivity contribution in [3.8, 4) is 0 Å². The molecule has 7 heteroatoms. The first kappa shape index (κ1) is 34.1. The normalized spacial score (nSPS) is 30.5. The van der Waals surface area contributed by atoms with Crippen LogP contribution < -0.4 is 0 Å². The maximum atomic E-state index is 11.5. The number of hydrogen-bond acceptors (Lipinski definition) is 7. The number of hydrogen-bond donors (Lipinski definition) is 0. The fourth-order valence-corrected chi connectivity index (χ4v) is 6.93. The van der Waals surface area contributed by atoms with E-state index in [4.69, 9.17) is 28.4 Å². The zero-order valence-corrected chi connectivity index (χ0v) is 27.1. The molecule has 0 aromatic rings. The van der Waals surface area contributed by atoms with E-state index in [2.05, 4.69) is 51.7 Å². The fraction of sp³-hybridized carbons (Fsp3) is 0.750. The molecule has 0 N–H and O–H groups in total. The summed E-state index contributed by atoms with van der Waals surface area (Å²) in [6.07, 6.45) is 20.9. The molecule has 3 unspecified atom stereocenters. The lowest BCUT2D eigenvalue weighted by molar-refractivity contribution is -0.193. The quantitative estimate of drug-likeness (QED) is 0.134. The molecule has 0 spiro atoms. The van der Waals surface area contributed by atoms with Gasteiger partial charge in [0.15, 0.2) is 12.6 Å². The van der Waals surface area contributed by atoms with E-state index in [9.17, 15) is 4.79 Å². The van der Waals surface area contributed by atoms with Crippen LogP contribution in [-0.2, 0) is 33.2 Å². The number of fused-ring (bicyclic) bond motifs is 1. The highest BCUT2D eigenvalue weighted by Crippen LogP contribution is 2.50. The van der Waals surface area contributed by atoms with Crippen LogP contribution >= 0.6 is 0 Å². The Morgan fingerprint density at radius 2 is 1.84 bits per heavy atom. The SMILES string of the molecule is C=C(COCC(=O)OC)C1=C[C@H]2C[C@@H](OC3CCCCO3)[C@H](/C=C/[C@H](CC(C)CCC=C(C)C)OC3CCCCO3)[C@H]2C1. The van der Waals surface area contributed by atoms with Gasteiger partial charge in [-0.15, -0.1) is 0 Å². The van der Waals surface area contributed by atoms with Crippen molar-refractivity contribution < 1.29 is 33.2 Å². The third-order valence-corrected chi connectivity index (χ3v) is 9.35. The molecule has 1 saturated carbocycles. The molecule has 43 heavy (non-hydrogen) atoms. The number of carbonyl (C=O) groups is 1. The monoisotopic (exact) mass is 600 g/mol. The molecule has 2 saturated heterocycles. The Morgan fingerprint density at radius 3 is 2.51 bits per heavy atom. The second-order valence-corrected chi connectivity index (χ2v) is 13.2. The van der Waals surface area contributed by atoms with E-state index in [-0.39, 0.29) is 43.3 Å². The summed E-state index contributed by atoms with van der Waals surface area (Å²) in [6, 6.07) is 0. The van der Waals surface area contributed by atoms with E-state index in [1.165, 1.54) is 18.3 Å². The zero-order valence-electron chi connectivity index (χ0n) is 27.1. The molecule has 0 amide bonds. The molecule has 8 atom stereocenters. The Labute approximate surface area is 260 Å². The Morgan fingerprint density at radius 1 is 1.09 bits per heavy atom. The Bertz CT molecular complexity index is 968. The van der Waals surface area contributed by atoms with Gasteiger partial charge in [0.1, 0.15) is 6.61 Å². The molecule has 2 aliphatic carbocycles. The van der Waals surface area contributed by atoms with Crippen molar-refractivity contribution in [2.45, 2.75) is 116 Å². The standard InChI is InChI=1S/C36H56O7/c1-25(2)11-10-12-26(3)19-30(42-35-13-6-8-17-40-35)15-16-31-32-21-28(27(4)23-39-24-34(37)38-5)20-29(32)22-33(31)43-36-14-7-9-18-41-36/h11,15-16,20,26,29-33,35-36H,4,6-10,12-14,17-19,21-24H2,1-3,5H3/b16-15+/t26?,29-,30+,31+,32-,33+,35?,36?/m0/s1. The van der Waals surface area contributed by atoms with Gasteiger partial charge >= 0.3 is 5.97 Å².